The van der Waals surface area contributed by atoms with E-state index in [1.807, 2.05) is 6.07 Å². The van der Waals surface area contributed by atoms with Gasteiger partial charge in [-0.1, -0.05) is 30.3 Å². The quantitative estimate of drug-likeness (QED) is 0.541. The molecule has 1 fully saturated rings. The highest BCUT2D eigenvalue weighted by molar-refractivity contribution is 7.97. The van der Waals surface area contributed by atoms with Crippen LogP contribution in [-0.2, 0) is 5.54 Å². The van der Waals surface area contributed by atoms with Crippen LogP contribution in [0.5, 0.6) is 0 Å². The molecule has 4 nitrogen and oxygen atoms in total. The number of halogens is 1. The Morgan fingerprint density at radius 1 is 1.27 bits per heavy atom. The molecular weight excluding hydrogens is 347 g/mol. The second-order valence-electron chi connectivity index (χ2n) is 6.77. The molecule has 134 valence electrons. The molecule has 1 aliphatic rings. The number of H-pyrrole nitrogens is 1. The van der Waals surface area contributed by atoms with Gasteiger partial charge in [0.25, 0.3) is 0 Å². The van der Waals surface area contributed by atoms with Crippen molar-refractivity contribution in [3.05, 3.63) is 71.9 Å². The van der Waals surface area contributed by atoms with Crippen molar-refractivity contribution in [1.29, 1.82) is 0 Å². The Balaban J connectivity index is 1.37. The Morgan fingerprint density at radius 3 is 2.73 bits per heavy atom. The predicted octanol–water partition coefficient (Wildman–Crippen LogP) is 4.40. The van der Waals surface area contributed by atoms with E-state index >= 15 is 0 Å². The van der Waals surface area contributed by atoms with Crippen LogP contribution in [0.3, 0.4) is 0 Å². The average molecular weight is 368 g/mol. The molecule has 26 heavy (non-hydrogen) atoms. The Labute approximate surface area is 156 Å². The third-order valence-corrected chi connectivity index (χ3v) is 5.38. The lowest BCUT2D eigenvalue weighted by atomic mass is 10.2. The van der Waals surface area contributed by atoms with Gasteiger partial charge in [-0.25, -0.2) is 9.37 Å². The molecule has 0 unspecified atom stereocenters. The van der Waals surface area contributed by atoms with E-state index in [0.29, 0.717) is 12.1 Å². The van der Waals surface area contributed by atoms with Crippen LogP contribution in [0.4, 0.5) is 4.39 Å². The van der Waals surface area contributed by atoms with Gasteiger partial charge in [-0.2, -0.15) is 0 Å². The molecule has 0 bridgehead atoms. The molecule has 4 rings (SSSR count). The fraction of sp³-hybridized carbons (Fsp3) is 0.250. The van der Waals surface area contributed by atoms with E-state index in [1.54, 1.807) is 18.0 Å². The Bertz CT molecular complexity index is 944. The van der Waals surface area contributed by atoms with Gasteiger partial charge in [0, 0.05) is 17.1 Å². The molecule has 0 radical (unpaired) electrons. The lowest BCUT2D eigenvalue weighted by Crippen LogP contribution is -2.32. The van der Waals surface area contributed by atoms with Crippen LogP contribution in [0, 0.1) is 12.7 Å². The molecule has 0 amide bonds. The number of aromatic amines is 1. The van der Waals surface area contributed by atoms with Crippen LogP contribution in [0.15, 0.2) is 59.6 Å². The summed E-state index contributed by atoms with van der Waals surface area (Å²) in [5, 5.41) is 3.47. The third-order valence-electron chi connectivity index (χ3n) is 4.58. The number of aromatic nitrogens is 2. The first-order chi connectivity index (χ1) is 12.6. The summed E-state index contributed by atoms with van der Waals surface area (Å²) in [6.07, 6.45) is 1.91. The highest BCUT2D eigenvalue weighted by atomic mass is 32.2. The summed E-state index contributed by atoms with van der Waals surface area (Å²) < 4.78 is 17.2. The van der Waals surface area contributed by atoms with Crippen LogP contribution in [0.1, 0.15) is 24.2 Å². The molecule has 0 atom stereocenters. The SMILES string of the molecule is C=C(CNSc1ccc(C)cc1)NC1(c2nc3c(F)cccc3[nH]2)CC1. The van der Waals surface area contributed by atoms with Gasteiger partial charge >= 0.3 is 0 Å². The number of hydrogen-bond acceptors (Lipinski definition) is 4. The fourth-order valence-electron chi connectivity index (χ4n) is 2.97. The molecule has 1 heterocycles. The summed E-state index contributed by atoms with van der Waals surface area (Å²) in [6, 6.07) is 13.3. The van der Waals surface area contributed by atoms with E-state index in [1.165, 1.54) is 11.6 Å². The van der Waals surface area contributed by atoms with Gasteiger partial charge in [0.2, 0.25) is 0 Å². The number of imidazole rings is 1. The first-order valence-corrected chi connectivity index (χ1v) is 9.44. The van der Waals surface area contributed by atoms with Crippen molar-refractivity contribution < 1.29 is 4.39 Å². The Morgan fingerprint density at radius 2 is 2.04 bits per heavy atom. The van der Waals surface area contributed by atoms with Gasteiger partial charge in [0.15, 0.2) is 5.82 Å². The van der Waals surface area contributed by atoms with Crippen molar-refractivity contribution in [3.8, 4) is 0 Å². The normalized spacial score (nSPS) is 15.2. The monoisotopic (exact) mass is 368 g/mol. The molecule has 2 aromatic carbocycles. The number of nitrogens with one attached hydrogen (secondary N) is 3. The van der Waals surface area contributed by atoms with Crippen molar-refractivity contribution in [2.75, 3.05) is 6.54 Å². The smallest absolute Gasteiger partial charge is 0.151 e. The highest BCUT2D eigenvalue weighted by Crippen LogP contribution is 2.45. The number of rotatable bonds is 7. The standard InChI is InChI=1S/C20H21FN4S/c1-13-6-8-15(9-7-13)26-22-12-14(2)25-20(10-11-20)19-23-17-5-3-4-16(21)18(17)24-19/h3-9,22,25H,2,10-12H2,1H3,(H,23,24). The fourth-order valence-corrected chi connectivity index (χ4v) is 3.65. The van der Waals surface area contributed by atoms with Crippen molar-refractivity contribution in [3.63, 3.8) is 0 Å². The molecule has 1 aliphatic carbocycles. The maximum atomic E-state index is 13.9. The van der Waals surface area contributed by atoms with Gasteiger partial charge in [-0.05, 0) is 56.0 Å². The summed E-state index contributed by atoms with van der Waals surface area (Å²) in [5.74, 6) is 0.487. The molecular formula is C20H21FN4S. The van der Waals surface area contributed by atoms with Crippen molar-refractivity contribution in [2.24, 2.45) is 0 Å². The zero-order valence-electron chi connectivity index (χ0n) is 14.6. The zero-order chi connectivity index (χ0) is 18.1. The minimum Gasteiger partial charge on any atom is -0.375 e. The zero-order valence-corrected chi connectivity index (χ0v) is 15.4. The van der Waals surface area contributed by atoms with Crippen molar-refractivity contribution in [1.82, 2.24) is 20.0 Å². The second kappa shape index (κ2) is 6.78. The third kappa shape index (κ3) is 3.48. The number of para-hydroxylation sites is 1. The van der Waals surface area contributed by atoms with Crippen LogP contribution >= 0.6 is 11.9 Å². The minimum absolute atomic E-state index is 0.251. The minimum atomic E-state index is -0.296. The van der Waals surface area contributed by atoms with E-state index in [9.17, 15) is 4.39 Å². The van der Waals surface area contributed by atoms with E-state index in [-0.39, 0.29) is 11.4 Å². The number of aryl methyl sites for hydroxylation is 1. The molecule has 0 saturated heterocycles. The highest BCUT2D eigenvalue weighted by Gasteiger charge is 2.47. The van der Waals surface area contributed by atoms with Crippen molar-refractivity contribution in [2.45, 2.75) is 30.2 Å². The van der Waals surface area contributed by atoms with Gasteiger partial charge in [0.1, 0.15) is 11.3 Å². The van der Waals surface area contributed by atoms with Gasteiger partial charge in [0.05, 0.1) is 11.1 Å². The number of nitrogens with zero attached hydrogens (tertiary/aromatic N) is 1. The molecule has 1 saturated carbocycles. The second-order valence-corrected chi connectivity index (χ2v) is 7.73. The summed E-state index contributed by atoms with van der Waals surface area (Å²) in [7, 11) is 0. The number of hydrogen-bond donors (Lipinski definition) is 3. The predicted molar refractivity (Wildman–Crippen MR) is 104 cm³/mol. The summed E-state index contributed by atoms with van der Waals surface area (Å²) in [4.78, 5) is 8.89. The van der Waals surface area contributed by atoms with E-state index in [0.717, 1.165) is 34.8 Å². The average Bonchev–Trinajstić information content (AvgIpc) is 3.25. The molecule has 1 aromatic heterocycles. The molecule has 0 aliphatic heterocycles. The summed E-state index contributed by atoms with van der Waals surface area (Å²) >= 11 is 1.58. The van der Waals surface area contributed by atoms with E-state index < -0.39 is 0 Å². The first kappa shape index (κ1) is 17.1. The molecule has 0 spiro atoms. The largest absolute Gasteiger partial charge is 0.375 e. The Kier molecular flexibility index (Phi) is 4.46. The van der Waals surface area contributed by atoms with Crippen molar-refractivity contribution >= 4 is 23.0 Å². The number of fused-ring (bicyclic) bond motifs is 1. The molecule has 3 N–H and O–H groups in total. The van der Waals surface area contributed by atoms with E-state index in [2.05, 4.69) is 57.8 Å². The van der Waals surface area contributed by atoms with Crippen LogP contribution in [0.25, 0.3) is 11.0 Å². The maximum Gasteiger partial charge on any atom is 0.151 e. The Hall–Kier alpha value is -2.31. The lowest BCUT2D eigenvalue weighted by molar-refractivity contribution is 0.550. The van der Waals surface area contributed by atoms with Gasteiger partial charge < -0.3 is 10.3 Å². The van der Waals surface area contributed by atoms with Crippen LogP contribution < -0.4 is 10.0 Å². The van der Waals surface area contributed by atoms with E-state index in [4.69, 9.17) is 0 Å². The summed E-state index contributed by atoms with van der Waals surface area (Å²) in [6.45, 7) is 6.83. The summed E-state index contributed by atoms with van der Waals surface area (Å²) in [5.41, 5.74) is 3.01. The maximum absolute atomic E-state index is 13.9. The van der Waals surface area contributed by atoms with Gasteiger partial charge in [-0.15, -0.1) is 0 Å². The van der Waals surface area contributed by atoms with Gasteiger partial charge in [-0.3, -0.25) is 4.72 Å². The van der Waals surface area contributed by atoms with Crippen LogP contribution in [-0.4, -0.2) is 16.5 Å². The molecule has 6 heteroatoms. The van der Waals surface area contributed by atoms with Crippen LogP contribution in [0.2, 0.25) is 0 Å². The topological polar surface area (TPSA) is 52.7 Å². The number of benzene rings is 2. The molecule has 3 aromatic rings. The lowest BCUT2D eigenvalue weighted by Gasteiger charge is -2.18. The first-order valence-electron chi connectivity index (χ1n) is 8.63.